The van der Waals surface area contributed by atoms with E-state index >= 15 is 0 Å². The monoisotopic (exact) mass is 224 g/mol. The SMILES string of the molecule is O[C@H](Cn1ncnn1)c1ccccc1Cl. The maximum atomic E-state index is 9.86. The fourth-order valence-electron chi connectivity index (χ4n) is 1.27. The van der Waals surface area contributed by atoms with E-state index in [1.165, 1.54) is 11.1 Å². The minimum absolute atomic E-state index is 0.240. The van der Waals surface area contributed by atoms with Gasteiger partial charge in [-0.2, -0.15) is 4.80 Å². The highest BCUT2D eigenvalue weighted by Crippen LogP contribution is 2.22. The molecule has 0 saturated heterocycles. The van der Waals surface area contributed by atoms with E-state index in [0.717, 1.165) is 0 Å². The third kappa shape index (κ3) is 2.31. The van der Waals surface area contributed by atoms with Crippen molar-refractivity contribution < 1.29 is 5.11 Å². The minimum Gasteiger partial charge on any atom is -0.386 e. The predicted molar refractivity (Wildman–Crippen MR) is 54.2 cm³/mol. The summed E-state index contributed by atoms with van der Waals surface area (Å²) in [5.74, 6) is 0. The van der Waals surface area contributed by atoms with Crippen molar-refractivity contribution in [3.63, 3.8) is 0 Å². The molecule has 1 atom stereocenters. The molecule has 0 aliphatic heterocycles. The van der Waals surface area contributed by atoms with E-state index in [1.807, 2.05) is 12.1 Å². The summed E-state index contributed by atoms with van der Waals surface area (Å²) in [6.45, 7) is 0.240. The molecule has 0 aliphatic rings. The highest BCUT2D eigenvalue weighted by Gasteiger charge is 2.12. The predicted octanol–water partition coefficient (Wildman–Crippen LogP) is 1.06. The minimum atomic E-state index is -0.729. The number of rotatable bonds is 3. The molecule has 0 radical (unpaired) electrons. The van der Waals surface area contributed by atoms with Gasteiger partial charge in [0, 0.05) is 10.6 Å². The number of aromatic nitrogens is 4. The van der Waals surface area contributed by atoms with Crippen LogP contribution in [0.5, 0.6) is 0 Å². The van der Waals surface area contributed by atoms with Gasteiger partial charge in [-0.3, -0.25) is 0 Å². The van der Waals surface area contributed by atoms with Crippen LogP contribution in [0.15, 0.2) is 30.6 Å². The van der Waals surface area contributed by atoms with Crippen LogP contribution in [0.4, 0.5) is 0 Å². The van der Waals surface area contributed by atoms with E-state index in [1.54, 1.807) is 12.1 Å². The lowest BCUT2D eigenvalue weighted by Gasteiger charge is -2.10. The summed E-state index contributed by atoms with van der Waals surface area (Å²) >= 11 is 5.93. The molecule has 0 amide bonds. The Morgan fingerprint density at radius 1 is 1.40 bits per heavy atom. The first kappa shape index (κ1) is 10.1. The highest BCUT2D eigenvalue weighted by atomic mass is 35.5. The van der Waals surface area contributed by atoms with Gasteiger partial charge in [-0.15, -0.1) is 10.2 Å². The fourth-order valence-corrected chi connectivity index (χ4v) is 1.53. The molecule has 0 spiro atoms. The van der Waals surface area contributed by atoms with Gasteiger partial charge in [-0.25, -0.2) is 0 Å². The Morgan fingerprint density at radius 2 is 2.20 bits per heavy atom. The Balaban J connectivity index is 2.15. The lowest BCUT2D eigenvalue weighted by molar-refractivity contribution is 0.144. The van der Waals surface area contributed by atoms with Crippen molar-refractivity contribution in [2.75, 3.05) is 0 Å². The molecule has 0 unspecified atom stereocenters. The second kappa shape index (κ2) is 4.37. The van der Waals surface area contributed by atoms with Crippen molar-refractivity contribution >= 4 is 11.6 Å². The van der Waals surface area contributed by atoms with Gasteiger partial charge in [0.2, 0.25) is 0 Å². The van der Waals surface area contributed by atoms with Gasteiger partial charge in [0.1, 0.15) is 6.10 Å². The topological polar surface area (TPSA) is 63.8 Å². The number of hydrogen-bond acceptors (Lipinski definition) is 4. The van der Waals surface area contributed by atoms with Crippen molar-refractivity contribution in [2.24, 2.45) is 0 Å². The molecular weight excluding hydrogens is 216 g/mol. The van der Waals surface area contributed by atoms with Crippen LogP contribution in [0, 0.1) is 0 Å². The van der Waals surface area contributed by atoms with E-state index < -0.39 is 6.10 Å². The number of hydrogen-bond donors (Lipinski definition) is 1. The molecule has 6 heteroatoms. The number of aliphatic hydroxyl groups is 1. The average Bonchev–Trinajstić information content (AvgIpc) is 2.71. The second-order valence-electron chi connectivity index (χ2n) is 3.03. The average molecular weight is 225 g/mol. The molecule has 1 aromatic heterocycles. The molecule has 0 fully saturated rings. The van der Waals surface area contributed by atoms with E-state index in [4.69, 9.17) is 11.6 Å². The van der Waals surface area contributed by atoms with Crippen molar-refractivity contribution in [3.8, 4) is 0 Å². The molecular formula is C9H9ClN4O. The number of tetrazole rings is 1. The Kier molecular flexibility index (Phi) is 2.94. The van der Waals surface area contributed by atoms with Crippen LogP contribution in [0.3, 0.4) is 0 Å². The van der Waals surface area contributed by atoms with Gasteiger partial charge < -0.3 is 5.11 Å². The molecule has 0 aliphatic carbocycles. The van der Waals surface area contributed by atoms with Crippen LogP contribution in [0.1, 0.15) is 11.7 Å². The maximum absolute atomic E-state index is 9.86. The Labute approximate surface area is 91.3 Å². The molecule has 1 heterocycles. The van der Waals surface area contributed by atoms with Crippen molar-refractivity contribution in [1.82, 2.24) is 20.2 Å². The normalized spacial score (nSPS) is 12.7. The number of aliphatic hydroxyl groups excluding tert-OH is 1. The summed E-state index contributed by atoms with van der Waals surface area (Å²) in [6, 6.07) is 7.13. The third-order valence-electron chi connectivity index (χ3n) is 1.99. The molecule has 2 rings (SSSR count). The Morgan fingerprint density at radius 3 is 2.87 bits per heavy atom. The van der Waals surface area contributed by atoms with Crippen LogP contribution < -0.4 is 0 Å². The number of benzene rings is 1. The largest absolute Gasteiger partial charge is 0.386 e. The molecule has 5 nitrogen and oxygen atoms in total. The maximum Gasteiger partial charge on any atom is 0.162 e. The van der Waals surface area contributed by atoms with Crippen LogP contribution in [0.25, 0.3) is 0 Å². The zero-order chi connectivity index (χ0) is 10.7. The lowest BCUT2D eigenvalue weighted by atomic mass is 10.1. The van der Waals surface area contributed by atoms with Crippen LogP contribution >= 0.6 is 11.6 Å². The number of halogens is 1. The first-order valence-electron chi connectivity index (χ1n) is 4.40. The molecule has 15 heavy (non-hydrogen) atoms. The zero-order valence-electron chi connectivity index (χ0n) is 7.79. The third-order valence-corrected chi connectivity index (χ3v) is 2.34. The van der Waals surface area contributed by atoms with Gasteiger partial charge >= 0.3 is 0 Å². The Bertz CT molecular complexity index is 431. The fraction of sp³-hybridized carbons (Fsp3) is 0.222. The summed E-state index contributed by atoms with van der Waals surface area (Å²) in [6.07, 6.45) is 0.590. The van der Waals surface area contributed by atoms with Gasteiger partial charge in [-0.1, -0.05) is 29.8 Å². The van der Waals surface area contributed by atoms with E-state index in [9.17, 15) is 5.11 Å². The molecule has 0 saturated carbocycles. The van der Waals surface area contributed by atoms with Crippen molar-refractivity contribution in [3.05, 3.63) is 41.2 Å². The summed E-state index contributed by atoms with van der Waals surface area (Å²) in [5.41, 5.74) is 0.663. The quantitative estimate of drug-likeness (QED) is 0.847. The van der Waals surface area contributed by atoms with Gasteiger partial charge in [0.05, 0.1) is 6.54 Å². The zero-order valence-corrected chi connectivity index (χ0v) is 8.54. The van der Waals surface area contributed by atoms with Gasteiger partial charge in [-0.05, 0) is 11.3 Å². The van der Waals surface area contributed by atoms with Gasteiger partial charge in [0.25, 0.3) is 0 Å². The van der Waals surface area contributed by atoms with Crippen LogP contribution in [-0.2, 0) is 6.54 Å². The molecule has 0 bridgehead atoms. The first-order valence-corrected chi connectivity index (χ1v) is 4.78. The van der Waals surface area contributed by atoms with Crippen LogP contribution in [0.2, 0.25) is 5.02 Å². The summed E-state index contributed by atoms with van der Waals surface area (Å²) in [7, 11) is 0. The van der Waals surface area contributed by atoms with E-state index in [-0.39, 0.29) is 6.54 Å². The lowest BCUT2D eigenvalue weighted by Crippen LogP contribution is -2.11. The molecule has 1 N–H and O–H groups in total. The molecule has 78 valence electrons. The Hall–Kier alpha value is -1.46. The number of nitrogens with zero attached hydrogens (tertiary/aromatic N) is 4. The second-order valence-corrected chi connectivity index (χ2v) is 3.44. The summed E-state index contributed by atoms with van der Waals surface area (Å²) in [4.78, 5) is 1.31. The highest BCUT2D eigenvalue weighted by molar-refractivity contribution is 6.31. The summed E-state index contributed by atoms with van der Waals surface area (Å²) in [5, 5.41) is 21.4. The van der Waals surface area contributed by atoms with Crippen LogP contribution in [-0.4, -0.2) is 25.3 Å². The van der Waals surface area contributed by atoms with E-state index in [2.05, 4.69) is 15.4 Å². The van der Waals surface area contributed by atoms with Crippen molar-refractivity contribution in [2.45, 2.75) is 12.6 Å². The first-order chi connectivity index (χ1) is 7.27. The van der Waals surface area contributed by atoms with Crippen molar-refractivity contribution in [1.29, 1.82) is 0 Å². The summed E-state index contributed by atoms with van der Waals surface area (Å²) < 4.78 is 0. The van der Waals surface area contributed by atoms with E-state index in [0.29, 0.717) is 10.6 Å². The van der Waals surface area contributed by atoms with Gasteiger partial charge in [0.15, 0.2) is 6.33 Å². The standard InChI is InChI=1S/C9H9ClN4O/c10-8-4-2-1-3-7(8)9(15)5-14-12-6-11-13-14/h1-4,6,9,15H,5H2/t9-/m1/s1. The molecule has 1 aromatic carbocycles. The smallest absolute Gasteiger partial charge is 0.162 e. The molecule has 2 aromatic rings.